The average Bonchev–Trinajstić information content (AvgIpc) is 2.26. The topological polar surface area (TPSA) is 39.7 Å². The first-order valence-corrected chi connectivity index (χ1v) is 4.81. The van der Waals surface area contributed by atoms with Gasteiger partial charge in [-0.25, -0.2) is 0 Å². The standard InChI is InChI=1S/C10H11F4NO3/c1-16-15-5-6-2-3-7(17-9(11)12)4-8(6)18-10(13)14/h2-4,9-10,15H,5H2,1H3. The van der Waals surface area contributed by atoms with Crippen LogP contribution in [0, 0.1) is 0 Å². The van der Waals surface area contributed by atoms with Gasteiger partial charge < -0.3 is 14.3 Å². The lowest BCUT2D eigenvalue weighted by Crippen LogP contribution is -2.13. The molecule has 1 aromatic rings. The van der Waals surface area contributed by atoms with Crippen molar-refractivity contribution < 1.29 is 31.9 Å². The van der Waals surface area contributed by atoms with Gasteiger partial charge in [0.15, 0.2) is 0 Å². The first kappa shape index (κ1) is 14.5. The summed E-state index contributed by atoms with van der Waals surface area (Å²) in [7, 11) is 1.35. The molecule has 0 saturated carbocycles. The highest BCUT2D eigenvalue weighted by Gasteiger charge is 2.13. The first-order chi connectivity index (χ1) is 8.52. The zero-order valence-electron chi connectivity index (χ0n) is 9.33. The molecule has 18 heavy (non-hydrogen) atoms. The van der Waals surface area contributed by atoms with Crippen LogP contribution >= 0.6 is 0 Å². The van der Waals surface area contributed by atoms with Crippen LogP contribution in [0.2, 0.25) is 0 Å². The Morgan fingerprint density at radius 1 is 1.11 bits per heavy atom. The first-order valence-electron chi connectivity index (χ1n) is 4.81. The molecule has 0 amide bonds. The average molecular weight is 269 g/mol. The lowest BCUT2D eigenvalue weighted by Gasteiger charge is -2.13. The fourth-order valence-corrected chi connectivity index (χ4v) is 1.21. The molecule has 102 valence electrons. The smallest absolute Gasteiger partial charge is 0.387 e. The SMILES string of the molecule is CONCc1ccc(OC(F)F)cc1OC(F)F. The van der Waals surface area contributed by atoms with E-state index in [1.807, 2.05) is 0 Å². The summed E-state index contributed by atoms with van der Waals surface area (Å²) >= 11 is 0. The number of hydroxylamine groups is 1. The monoisotopic (exact) mass is 269 g/mol. The number of alkyl halides is 4. The van der Waals surface area contributed by atoms with Crippen molar-refractivity contribution in [2.75, 3.05) is 7.11 Å². The van der Waals surface area contributed by atoms with Crippen LogP contribution in [0.4, 0.5) is 17.6 Å². The van der Waals surface area contributed by atoms with Gasteiger partial charge in [0.05, 0.1) is 7.11 Å². The Morgan fingerprint density at radius 2 is 1.78 bits per heavy atom. The van der Waals surface area contributed by atoms with Crippen LogP contribution in [-0.2, 0) is 11.4 Å². The van der Waals surface area contributed by atoms with E-state index in [9.17, 15) is 17.6 Å². The molecule has 1 rings (SSSR count). The molecule has 0 spiro atoms. The summed E-state index contributed by atoms with van der Waals surface area (Å²) in [4.78, 5) is 4.56. The van der Waals surface area contributed by atoms with Crippen molar-refractivity contribution in [1.82, 2.24) is 5.48 Å². The number of rotatable bonds is 7. The van der Waals surface area contributed by atoms with Crippen molar-refractivity contribution in [1.29, 1.82) is 0 Å². The number of benzene rings is 1. The number of ether oxygens (including phenoxy) is 2. The summed E-state index contributed by atoms with van der Waals surface area (Å²) in [6, 6.07) is 3.50. The van der Waals surface area contributed by atoms with Gasteiger partial charge in [0.2, 0.25) is 0 Å². The van der Waals surface area contributed by atoms with Gasteiger partial charge in [-0.05, 0) is 6.07 Å². The Kier molecular flexibility index (Phi) is 5.66. The highest BCUT2D eigenvalue weighted by atomic mass is 19.3. The van der Waals surface area contributed by atoms with Crippen molar-refractivity contribution in [3.8, 4) is 11.5 Å². The molecule has 0 aliphatic rings. The van der Waals surface area contributed by atoms with Gasteiger partial charge in [0, 0.05) is 18.2 Å². The second-order valence-corrected chi connectivity index (χ2v) is 3.05. The maximum atomic E-state index is 12.2. The number of hydrogen-bond acceptors (Lipinski definition) is 4. The van der Waals surface area contributed by atoms with Crippen LogP contribution in [0.25, 0.3) is 0 Å². The van der Waals surface area contributed by atoms with Crippen LogP contribution < -0.4 is 15.0 Å². The Balaban J connectivity index is 2.88. The summed E-state index contributed by atoms with van der Waals surface area (Å²) in [5, 5.41) is 0. The molecule has 0 aromatic heterocycles. The predicted octanol–water partition coefficient (Wildman–Crippen LogP) is 2.54. The molecule has 0 heterocycles. The second-order valence-electron chi connectivity index (χ2n) is 3.05. The molecule has 8 heteroatoms. The van der Waals surface area contributed by atoms with E-state index in [4.69, 9.17) is 0 Å². The third kappa shape index (κ3) is 4.76. The number of hydrogen-bond donors (Lipinski definition) is 1. The molecule has 0 fully saturated rings. The number of halogens is 4. The van der Waals surface area contributed by atoms with E-state index < -0.39 is 13.2 Å². The Morgan fingerprint density at radius 3 is 2.33 bits per heavy atom. The Labute approximate surface area is 100 Å². The quantitative estimate of drug-likeness (QED) is 0.610. The molecule has 0 bridgehead atoms. The highest BCUT2D eigenvalue weighted by molar-refractivity contribution is 5.40. The molecule has 1 N–H and O–H groups in total. The van der Waals surface area contributed by atoms with E-state index in [1.165, 1.54) is 19.2 Å². The Hall–Kier alpha value is -1.54. The zero-order valence-corrected chi connectivity index (χ0v) is 9.33. The van der Waals surface area contributed by atoms with E-state index in [1.54, 1.807) is 0 Å². The van der Waals surface area contributed by atoms with E-state index in [-0.39, 0.29) is 18.0 Å². The molecule has 0 aliphatic heterocycles. The molecule has 0 unspecified atom stereocenters. The van der Waals surface area contributed by atoms with E-state index in [0.717, 1.165) is 6.07 Å². The van der Waals surface area contributed by atoms with Crippen molar-refractivity contribution in [2.24, 2.45) is 0 Å². The molecule has 4 nitrogen and oxygen atoms in total. The largest absolute Gasteiger partial charge is 0.435 e. The molecule has 1 aromatic carbocycles. The fourth-order valence-electron chi connectivity index (χ4n) is 1.21. The van der Waals surface area contributed by atoms with Gasteiger partial charge in [-0.2, -0.15) is 23.0 Å². The van der Waals surface area contributed by atoms with Crippen LogP contribution in [0.1, 0.15) is 5.56 Å². The molecule has 0 radical (unpaired) electrons. The molecular formula is C10H11F4NO3. The molecule has 0 atom stereocenters. The molecule has 0 saturated heterocycles. The second kappa shape index (κ2) is 7.02. The zero-order chi connectivity index (χ0) is 13.5. The summed E-state index contributed by atoms with van der Waals surface area (Å²) < 4.78 is 56.6. The maximum absolute atomic E-state index is 12.2. The lowest BCUT2D eigenvalue weighted by atomic mass is 10.2. The van der Waals surface area contributed by atoms with Crippen molar-refractivity contribution in [3.05, 3.63) is 23.8 Å². The highest BCUT2D eigenvalue weighted by Crippen LogP contribution is 2.27. The van der Waals surface area contributed by atoms with Crippen LogP contribution in [0.3, 0.4) is 0 Å². The van der Waals surface area contributed by atoms with Gasteiger partial charge in [0.25, 0.3) is 0 Å². The maximum Gasteiger partial charge on any atom is 0.387 e. The summed E-state index contributed by atoms with van der Waals surface area (Å²) in [5.74, 6) is -0.519. The van der Waals surface area contributed by atoms with Crippen LogP contribution in [0.15, 0.2) is 18.2 Å². The van der Waals surface area contributed by atoms with Gasteiger partial charge in [-0.15, -0.1) is 0 Å². The molecule has 0 aliphatic carbocycles. The normalized spacial score (nSPS) is 11.1. The third-order valence-electron chi connectivity index (χ3n) is 1.89. The predicted molar refractivity (Wildman–Crippen MR) is 53.6 cm³/mol. The van der Waals surface area contributed by atoms with Crippen LogP contribution in [-0.4, -0.2) is 20.3 Å². The lowest BCUT2D eigenvalue weighted by molar-refractivity contribution is -0.0549. The minimum atomic E-state index is -3.06. The van der Waals surface area contributed by atoms with E-state index >= 15 is 0 Å². The summed E-state index contributed by atoms with van der Waals surface area (Å²) in [6.45, 7) is -6.02. The minimum absolute atomic E-state index is 0.0769. The van der Waals surface area contributed by atoms with E-state index in [2.05, 4.69) is 19.8 Å². The van der Waals surface area contributed by atoms with Crippen molar-refractivity contribution in [3.63, 3.8) is 0 Å². The Bertz CT molecular complexity index is 376. The molecular weight excluding hydrogens is 258 g/mol. The van der Waals surface area contributed by atoms with Gasteiger partial charge >= 0.3 is 13.2 Å². The van der Waals surface area contributed by atoms with Gasteiger partial charge in [-0.3, -0.25) is 0 Å². The van der Waals surface area contributed by atoms with Gasteiger partial charge in [0.1, 0.15) is 11.5 Å². The summed E-state index contributed by atoms with van der Waals surface area (Å²) in [6.07, 6.45) is 0. The van der Waals surface area contributed by atoms with E-state index in [0.29, 0.717) is 5.56 Å². The summed E-state index contributed by atoms with van der Waals surface area (Å²) in [5.41, 5.74) is 2.74. The fraction of sp³-hybridized carbons (Fsp3) is 0.400. The van der Waals surface area contributed by atoms with Crippen molar-refractivity contribution in [2.45, 2.75) is 19.8 Å². The third-order valence-corrected chi connectivity index (χ3v) is 1.89. The van der Waals surface area contributed by atoms with Crippen molar-refractivity contribution >= 4 is 0 Å². The number of nitrogens with one attached hydrogen (secondary N) is 1. The van der Waals surface area contributed by atoms with Gasteiger partial charge in [-0.1, -0.05) is 6.07 Å². The van der Waals surface area contributed by atoms with Crippen LogP contribution in [0.5, 0.6) is 11.5 Å². The minimum Gasteiger partial charge on any atom is -0.435 e.